The molecular weight excluding hydrogens is 556 g/mol. The summed E-state index contributed by atoms with van der Waals surface area (Å²) in [5.74, 6) is -0.120. The molecule has 0 saturated heterocycles. The standard InChI is InChI=1S/C25H33N7O6P2/c1-17(31(2)3)14-26-25-29-23(28-19-7-9-21(10-8-19)39(34,35)16-40(36,37)38)22-24(30-25)32(15-27-22)12-11-18-5-4-6-20(33)13-18/h4-10,13,15,17,33H,11-12,14,16H2,1-3H3,(H,34,35)(H2,36,37,38)(H2,26,28,29,30). The second-order valence-electron chi connectivity index (χ2n) is 9.80. The number of benzene rings is 2. The SMILES string of the molecule is CC(CNc1nc(Nc2ccc(P(=O)(O)CP(=O)(O)O)cc2)c2ncn(CCc3cccc(O)c3)c2n1)N(C)C. The van der Waals surface area contributed by atoms with Gasteiger partial charge in [-0.05, 0) is 69.4 Å². The number of aromatic nitrogens is 4. The summed E-state index contributed by atoms with van der Waals surface area (Å²) in [6.07, 6.45) is 2.32. The molecule has 2 aromatic carbocycles. The number of rotatable bonds is 12. The van der Waals surface area contributed by atoms with Crippen LogP contribution < -0.4 is 15.9 Å². The van der Waals surface area contributed by atoms with Crippen molar-refractivity contribution in [2.24, 2.45) is 0 Å². The monoisotopic (exact) mass is 589 g/mol. The number of nitrogens with one attached hydrogen (secondary N) is 2. The predicted octanol–water partition coefficient (Wildman–Crippen LogP) is 2.91. The molecule has 0 bridgehead atoms. The lowest BCUT2D eigenvalue weighted by Gasteiger charge is -2.20. The summed E-state index contributed by atoms with van der Waals surface area (Å²) in [6.45, 7) is 3.22. The van der Waals surface area contributed by atoms with Gasteiger partial charge in [0, 0.05) is 30.1 Å². The topological polar surface area (TPSA) is 186 Å². The van der Waals surface area contributed by atoms with Crippen LogP contribution in [0.5, 0.6) is 5.75 Å². The van der Waals surface area contributed by atoms with Crippen LogP contribution in [0.4, 0.5) is 17.5 Å². The van der Waals surface area contributed by atoms with Crippen molar-refractivity contribution in [2.75, 3.05) is 37.2 Å². The van der Waals surface area contributed by atoms with Gasteiger partial charge < -0.3 is 39.9 Å². The number of phenolic OH excluding ortho intramolecular Hbond substituents is 1. The van der Waals surface area contributed by atoms with Crippen molar-refractivity contribution in [3.63, 3.8) is 0 Å². The van der Waals surface area contributed by atoms with Crippen molar-refractivity contribution in [3.05, 3.63) is 60.4 Å². The fourth-order valence-corrected chi connectivity index (χ4v) is 7.17. The average molecular weight is 590 g/mol. The van der Waals surface area contributed by atoms with Crippen LogP contribution in [0.2, 0.25) is 0 Å². The molecule has 2 unspecified atom stereocenters. The predicted molar refractivity (Wildman–Crippen MR) is 155 cm³/mol. The highest BCUT2D eigenvalue weighted by Crippen LogP contribution is 2.53. The number of likely N-dealkylation sites (N-methyl/N-ethyl adjacent to an activating group) is 1. The number of imidazole rings is 1. The van der Waals surface area contributed by atoms with Crippen molar-refractivity contribution in [2.45, 2.75) is 25.9 Å². The van der Waals surface area contributed by atoms with E-state index in [2.05, 4.69) is 32.4 Å². The number of hydrogen-bond acceptors (Lipinski definition) is 9. The van der Waals surface area contributed by atoms with Crippen LogP contribution in [0.15, 0.2) is 54.9 Å². The minimum atomic E-state index is -4.68. The summed E-state index contributed by atoms with van der Waals surface area (Å²) in [6, 6.07) is 13.0. The molecule has 6 N–H and O–H groups in total. The van der Waals surface area contributed by atoms with E-state index in [4.69, 9.17) is 14.8 Å². The molecule has 13 nitrogen and oxygen atoms in total. The molecule has 2 aromatic heterocycles. The fourth-order valence-electron chi connectivity index (χ4n) is 3.90. The van der Waals surface area contributed by atoms with E-state index in [-0.39, 0.29) is 17.1 Å². The third kappa shape index (κ3) is 7.66. The van der Waals surface area contributed by atoms with Crippen LogP contribution in [-0.4, -0.2) is 76.8 Å². The van der Waals surface area contributed by atoms with Gasteiger partial charge in [0.1, 0.15) is 11.7 Å². The Morgan fingerprint density at radius 1 is 1.05 bits per heavy atom. The van der Waals surface area contributed by atoms with Gasteiger partial charge in [0.25, 0.3) is 0 Å². The molecule has 0 aliphatic carbocycles. The Hall–Kier alpha value is -3.31. The molecule has 2 heterocycles. The summed E-state index contributed by atoms with van der Waals surface area (Å²) in [7, 11) is -4.95. The zero-order valence-corrected chi connectivity index (χ0v) is 24.1. The Labute approximate surface area is 231 Å². The summed E-state index contributed by atoms with van der Waals surface area (Å²) >= 11 is 0. The van der Waals surface area contributed by atoms with Crippen LogP contribution >= 0.6 is 15.0 Å². The molecule has 0 radical (unpaired) electrons. The zero-order chi connectivity index (χ0) is 29.1. The Morgan fingerprint density at radius 2 is 1.77 bits per heavy atom. The first-order valence-corrected chi connectivity index (χ1v) is 16.1. The van der Waals surface area contributed by atoms with Gasteiger partial charge in [0.2, 0.25) is 13.3 Å². The third-order valence-corrected chi connectivity index (χ3v) is 10.5. The lowest BCUT2D eigenvalue weighted by atomic mass is 10.1. The van der Waals surface area contributed by atoms with Gasteiger partial charge in [0.05, 0.1) is 6.33 Å². The highest BCUT2D eigenvalue weighted by atomic mass is 31.2. The van der Waals surface area contributed by atoms with Gasteiger partial charge >= 0.3 is 7.60 Å². The number of phenols is 1. The lowest BCUT2D eigenvalue weighted by molar-refractivity contribution is 0.326. The Kier molecular flexibility index (Phi) is 8.94. The number of fused-ring (bicyclic) bond motifs is 1. The van der Waals surface area contributed by atoms with Crippen LogP contribution in [0.3, 0.4) is 0 Å². The third-order valence-electron chi connectivity index (χ3n) is 6.36. The molecule has 0 fully saturated rings. The second-order valence-corrected chi connectivity index (χ2v) is 14.2. The fraction of sp³-hybridized carbons (Fsp3) is 0.320. The molecule has 0 aliphatic heterocycles. The zero-order valence-electron chi connectivity index (χ0n) is 22.3. The normalized spacial score (nSPS) is 14.3. The molecule has 0 spiro atoms. The first kappa shape index (κ1) is 29.7. The first-order chi connectivity index (χ1) is 18.8. The van der Waals surface area contributed by atoms with Crippen LogP contribution in [-0.2, 0) is 22.1 Å². The summed E-state index contributed by atoms with van der Waals surface area (Å²) in [5, 5.41) is 16.2. The van der Waals surface area contributed by atoms with Gasteiger partial charge in [0.15, 0.2) is 17.0 Å². The van der Waals surface area contributed by atoms with Crippen molar-refractivity contribution in [3.8, 4) is 5.75 Å². The first-order valence-electron chi connectivity index (χ1n) is 12.5. The lowest BCUT2D eigenvalue weighted by Crippen LogP contribution is -2.32. The van der Waals surface area contributed by atoms with E-state index in [1.54, 1.807) is 24.5 Å². The molecule has 2 atom stereocenters. The Bertz CT molecular complexity index is 1570. The Balaban J connectivity index is 1.63. The van der Waals surface area contributed by atoms with Gasteiger partial charge in [-0.2, -0.15) is 9.97 Å². The van der Waals surface area contributed by atoms with E-state index >= 15 is 0 Å². The van der Waals surface area contributed by atoms with Gasteiger partial charge in [-0.3, -0.25) is 9.13 Å². The number of anilines is 3. The number of aromatic hydroxyl groups is 1. The van der Waals surface area contributed by atoms with Gasteiger partial charge in [-0.1, -0.05) is 12.1 Å². The van der Waals surface area contributed by atoms with Crippen LogP contribution in [0.25, 0.3) is 11.2 Å². The molecular formula is C25H33N7O6P2. The Morgan fingerprint density at radius 3 is 2.42 bits per heavy atom. The van der Waals surface area contributed by atoms with Crippen LogP contribution in [0.1, 0.15) is 12.5 Å². The van der Waals surface area contributed by atoms with E-state index in [0.29, 0.717) is 48.1 Å². The van der Waals surface area contributed by atoms with E-state index in [0.717, 1.165) is 5.56 Å². The molecule has 0 saturated carbocycles. The van der Waals surface area contributed by atoms with E-state index in [1.165, 1.54) is 24.3 Å². The van der Waals surface area contributed by atoms with E-state index in [9.17, 15) is 19.1 Å². The van der Waals surface area contributed by atoms with E-state index < -0.39 is 20.9 Å². The van der Waals surface area contributed by atoms with Gasteiger partial charge in [-0.15, -0.1) is 0 Å². The highest BCUT2D eigenvalue weighted by Gasteiger charge is 2.31. The van der Waals surface area contributed by atoms with Crippen molar-refractivity contribution >= 4 is 48.9 Å². The summed E-state index contributed by atoms with van der Waals surface area (Å²) < 4.78 is 25.6. The maximum atomic E-state index is 12.5. The minimum Gasteiger partial charge on any atom is -0.508 e. The maximum Gasteiger partial charge on any atom is 0.335 e. The molecule has 4 aromatic rings. The van der Waals surface area contributed by atoms with Crippen LogP contribution in [0, 0.1) is 0 Å². The number of nitrogens with zero attached hydrogens (tertiary/aromatic N) is 5. The molecule has 0 aliphatic rings. The van der Waals surface area contributed by atoms with Gasteiger partial charge in [-0.25, -0.2) is 4.98 Å². The van der Waals surface area contributed by atoms with Crippen molar-refractivity contribution in [1.82, 2.24) is 24.4 Å². The maximum absolute atomic E-state index is 12.5. The summed E-state index contributed by atoms with van der Waals surface area (Å²) in [5.41, 5.74) is 2.60. The molecule has 40 heavy (non-hydrogen) atoms. The molecule has 15 heteroatoms. The number of aryl methyl sites for hydroxylation is 2. The van der Waals surface area contributed by atoms with Crippen molar-refractivity contribution < 1.29 is 28.9 Å². The summed E-state index contributed by atoms with van der Waals surface area (Å²) in [4.78, 5) is 44.4. The number of hydrogen-bond donors (Lipinski definition) is 6. The molecule has 4 rings (SSSR count). The highest BCUT2D eigenvalue weighted by molar-refractivity contribution is 7.77. The molecule has 0 amide bonds. The molecule has 214 valence electrons. The minimum absolute atomic E-state index is 0.0644. The quantitative estimate of drug-likeness (QED) is 0.133. The van der Waals surface area contributed by atoms with Crippen molar-refractivity contribution in [1.29, 1.82) is 0 Å². The average Bonchev–Trinajstić information content (AvgIpc) is 3.28. The van der Waals surface area contributed by atoms with E-state index in [1.807, 2.05) is 24.7 Å². The second kappa shape index (κ2) is 12.1. The smallest absolute Gasteiger partial charge is 0.335 e. The largest absolute Gasteiger partial charge is 0.508 e.